The fraction of sp³-hybridized carbons (Fsp3) is 0.958. The van der Waals surface area contributed by atoms with Crippen LogP contribution in [0.3, 0.4) is 0 Å². The van der Waals surface area contributed by atoms with E-state index < -0.39 is 0 Å². The number of ether oxygens (including phenoxy) is 1. The van der Waals surface area contributed by atoms with Crippen molar-refractivity contribution in [1.29, 1.82) is 0 Å². The van der Waals surface area contributed by atoms with Gasteiger partial charge < -0.3 is 4.74 Å². The Morgan fingerprint density at radius 1 is 1.00 bits per heavy atom. The largest absolute Gasteiger partial charge is 0.384 e. The van der Waals surface area contributed by atoms with Gasteiger partial charge in [-0.1, -0.05) is 27.2 Å². The Morgan fingerprint density at radius 3 is 2.38 bits per heavy atom. The molecular formula is C24H40O2. The number of Topliss-reactive ketones (excluding diaryl/α,β-unsaturated/α-hetero) is 1. The maximum Gasteiger partial charge on any atom is 0.133 e. The van der Waals surface area contributed by atoms with E-state index in [-0.39, 0.29) is 5.41 Å². The third-order valence-electron chi connectivity index (χ3n) is 9.98. The lowest BCUT2D eigenvalue weighted by molar-refractivity contribution is -0.156. The summed E-state index contributed by atoms with van der Waals surface area (Å²) in [6.07, 6.45) is 10.7. The Hall–Kier alpha value is -0.370. The molecule has 2 nitrogen and oxygen atoms in total. The first kappa shape index (κ1) is 19.0. The first-order chi connectivity index (χ1) is 12.3. The molecular weight excluding hydrogens is 320 g/mol. The highest BCUT2D eigenvalue weighted by atomic mass is 16.5. The molecule has 9 atom stereocenters. The van der Waals surface area contributed by atoms with E-state index in [2.05, 4.69) is 20.8 Å². The molecule has 0 spiro atoms. The van der Waals surface area contributed by atoms with Gasteiger partial charge in [0.1, 0.15) is 5.78 Å². The van der Waals surface area contributed by atoms with Crippen molar-refractivity contribution in [1.82, 2.24) is 0 Å². The molecule has 2 heteroatoms. The minimum absolute atomic E-state index is 0.254. The summed E-state index contributed by atoms with van der Waals surface area (Å²) in [6.45, 7) is 10.3. The summed E-state index contributed by atoms with van der Waals surface area (Å²) in [6, 6.07) is 0. The van der Waals surface area contributed by atoms with Crippen LogP contribution in [0, 0.1) is 52.3 Å². The van der Waals surface area contributed by atoms with Crippen molar-refractivity contribution in [2.24, 2.45) is 52.3 Å². The number of carbonyl (C=O) groups is 1. The Balaban J connectivity index is 1.69. The van der Waals surface area contributed by atoms with Gasteiger partial charge in [-0.3, -0.25) is 4.79 Å². The Kier molecular flexibility index (Phi) is 4.82. The maximum atomic E-state index is 12.4. The van der Waals surface area contributed by atoms with Crippen molar-refractivity contribution >= 4 is 5.78 Å². The van der Waals surface area contributed by atoms with Gasteiger partial charge in [0.15, 0.2) is 0 Å². The van der Waals surface area contributed by atoms with Gasteiger partial charge in [0.05, 0.1) is 0 Å². The van der Waals surface area contributed by atoms with Crippen molar-refractivity contribution in [3.8, 4) is 0 Å². The highest BCUT2D eigenvalue weighted by Gasteiger charge is 2.62. The summed E-state index contributed by atoms with van der Waals surface area (Å²) in [7, 11) is 1.89. The number of hydrogen-bond acceptors (Lipinski definition) is 2. The van der Waals surface area contributed by atoms with Crippen molar-refractivity contribution in [2.75, 3.05) is 13.7 Å². The minimum Gasteiger partial charge on any atom is -0.384 e. The van der Waals surface area contributed by atoms with Crippen molar-refractivity contribution < 1.29 is 9.53 Å². The zero-order valence-corrected chi connectivity index (χ0v) is 17.7. The quantitative estimate of drug-likeness (QED) is 0.641. The lowest BCUT2D eigenvalue weighted by Gasteiger charge is -2.63. The van der Waals surface area contributed by atoms with E-state index in [0.29, 0.717) is 23.0 Å². The van der Waals surface area contributed by atoms with E-state index in [1.54, 1.807) is 0 Å². The molecule has 0 N–H and O–H groups in total. The van der Waals surface area contributed by atoms with E-state index in [1.165, 1.54) is 44.9 Å². The lowest BCUT2D eigenvalue weighted by Crippen LogP contribution is -2.57. The normalized spacial score (nSPS) is 53.5. The number of rotatable bonds is 3. The van der Waals surface area contributed by atoms with Crippen LogP contribution in [-0.4, -0.2) is 19.5 Å². The molecule has 0 aromatic rings. The molecule has 4 fully saturated rings. The molecule has 4 aliphatic rings. The average Bonchev–Trinajstić information content (AvgIpc) is 2.94. The van der Waals surface area contributed by atoms with Crippen LogP contribution in [0.15, 0.2) is 0 Å². The van der Waals surface area contributed by atoms with Crippen LogP contribution in [0.25, 0.3) is 0 Å². The van der Waals surface area contributed by atoms with E-state index in [0.717, 1.165) is 42.6 Å². The molecule has 4 aliphatic carbocycles. The predicted octanol–water partition coefficient (Wildman–Crippen LogP) is 5.74. The number of hydrogen-bond donors (Lipinski definition) is 0. The Bertz CT molecular complexity index is 556. The molecule has 0 aromatic carbocycles. The average molecular weight is 361 g/mol. The van der Waals surface area contributed by atoms with Gasteiger partial charge >= 0.3 is 0 Å². The molecule has 4 rings (SSSR count). The van der Waals surface area contributed by atoms with Crippen molar-refractivity contribution in [3.05, 3.63) is 0 Å². The molecule has 0 radical (unpaired) electrons. The highest BCUT2D eigenvalue weighted by Crippen LogP contribution is 2.69. The SMILES string of the molecule is COCC1CC2CC(C)CCC2(C)C2CCC3(C)C(CC[C@@H]3C(C)=O)C12. The zero-order valence-electron chi connectivity index (χ0n) is 17.7. The standard InChI is InChI=1S/C24H40O2/c1-15-8-10-23(3)18(12-15)13-17(14-26-5)22-20-7-6-19(16(2)25)24(20,4)11-9-21(22)23/h15,17-22H,6-14H2,1-5H3/t15?,17?,18?,19-,20?,21?,22?,23?,24?/m1/s1. The van der Waals surface area contributed by atoms with E-state index in [9.17, 15) is 4.79 Å². The fourth-order valence-electron chi connectivity index (χ4n) is 8.69. The Morgan fingerprint density at radius 2 is 1.69 bits per heavy atom. The van der Waals surface area contributed by atoms with Crippen LogP contribution in [0.5, 0.6) is 0 Å². The van der Waals surface area contributed by atoms with Gasteiger partial charge in [-0.15, -0.1) is 0 Å². The topological polar surface area (TPSA) is 26.3 Å². The lowest BCUT2D eigenvalue weighted by atomic mass is 9.42. The van der Waals surface area contributed by atoms with Gasteiger partial charge in [0.25, 0.3) is 0 Å². The molecule has 0 aromatic heterocycles. The third kappa shape index (κ3) is 2.65. The minimum atomic E-state index is 0.254. The molecule has 0 aliphatic heterocycles. The van der Waals surface area contributed by atoms with Gasteiger partial charge in [0.2, 0.25) is 0 Å². The third-order valence-corrected chi connectivity index (χ3v) is 9.98. The van der Waals surface area contributed by atoms with E-state index in [1.807, 2.05) is 14.0 Å². The summed E-state index contributed by atoms with van der Waals surface area (Å²) in [4.78, 5) is 12.4. The van der Waals surface area contributed by atoms with Crippen molar-refractivity contribution in [2.45, 2.75) is 79.1 Å². The van der Waals surface area contributed by atoms with Crippen molar-refractivity contribution in [3.63, 3.8) is 0 Å². The second-order valence-corrected chi connectivity index (χ2v) is 11.1. The molecule has 0 saturated heterocycles. The summed E-state index contributed by atoms with van der Waals surface area (Å²) >= 11 is 0. The van der Waals surface area contributed by atoms with Gasteiger partial charge in [-0.25, -0.2) is 0 Å². The van der Waals surface area contributed by atoms with E-state index >= 15 is 0 Å². The molecule has 4 saturated carbocycles. The predicted molar refractivity (Wildman–Crippen MR) is 106 cm³/mol. The van der Waals surface area contributed by atoms with Gasteiger partial charge in [-0.05, 0) is 98.2 Å². The summed E-state index contributed by atoms with van der Waals surface area (Å²) in [5.74, 6) is 5.65. The second-order valence-electron chi connectivity index (χ2n) is 11.1. The van der Waals surface area contributed by atoms with Crippen LogP contribution < -0.4 is 0 Å². The monoisotopic (exact) mass is 360 g/mol. The smallest absolute Gasteiger partial charge is 0.133 e. The zero-order chi connectivity index (χ0) is 18.7. The molecule has 8 unspecified atom stereocenters. The number of ketones is 1. The van der Waals surface area contributed by atoms with Crippen LogP contribution >= 0.6 is 0 Å². The van der Waals surface area contributed by atoms with E-state index in [4.69, 9.17) is 4.74 Å². The van der Waals surface area contributed by atoms with Crippen LogP contribution in [-0.2, 0) is 9.53 Å². The summed E-state index contributed by atoms with van der Waals surface area (Å²) in [5.41, 5.74) is 0.793. The molecule has 148 valence electrons. The number of fused-ring (bicyclic) bond motifs is 5. The molecule has 0 bridgehead atoms. The molecule has 0 amide bonds. The summed E-state index contributed by atoms with van der Waals surface area (Å²) in [5, 5.41) is 0. The molecule has 26 heavy (non-hydrogen) atoms. The van der Waals surface area contributed by atoms with Crippen LogP contribution in [0.2, 0.25) is 0 Å². The maximum absolute atomic E-state index is 12.4. The first-order valence-corrected chi connectivity index (χ1v) is 11.3. The fourth-order valence-corrected chi connectivity index (χ4v) is 8.69. The van der Waals surface area contributed by atoms with Gasteiger partial charge in [-0.2, -0.15) is 0 Å². The first-order valence-electron chi connectivity index (χ1n) is 11.3. The molecule has 0 heterocycles. The Labute approximate surface area is 160 Å². The van der Waals surface area contributed by atoms with Crippen LogP contribution in [0.4, 0.5) is 0 Å². The number of methoxy groups -OCH3 is 1. The second kappa shape index (κ2) is 6.61. The number of carbonyl (C=O) groups excluding carboxylic acids is 1. The van der Waals surface area contributed by atoms with Gasteiger partial charge in [0, 0.05) is 19.6 Å². The highest BCUT2D eigenvalue weighted by molar-refractivity contribution is 5.79. The summed E-state index contributed by atoms with van der Waals surface area (Å²) < 4.78 is 5.76. The van der Waals surface area contributed by atoms with Crippen LogP contribution in [0.1, 0.15) is 79.1 Å².